The number of hydrogen-bond acceptors (Lipinski definition) is 2. The minimum Gasteiger partial charge on any atom is -0.282 e. The Morgan fingerprint density at radius 1 is 1.33 bits per heavy atom. The molecule has 1 heterocycles. The second-order valence-corrected chi connectivity index (χ2v) is 3.76. The Labute approximate surface area is 101 Å². The second kappa shape index (κ2) is 4.18. The molecular formula is C12H8F3N3. The van der Waals surface area contributed by atoms with Gasteiger partial charge in [-0.25, -0.2) is 0 Å². The van der Waals surface area contributed by atoms with Gasteiger partial charge in [-0.1, -0.05) is 12.1 Å². The monoisotopic (exact) mass is 251 g/mol. The Hall–Kier alpha value is -2.29. The maximum Gasteiger partial charge on any atom is 0.420 e. The Morgan fingerprint density at radius 2 is 2.06 bits per heavy atom. The number of nitriles is 1. The zero-order chi connectivity index (χ0) is 13.3. The van der Waals surface area contributed by atoms with E-state index in [-0.39, 0.29) is 17.0 Å². The van der Waals surface area contributed by atoms with Crippen molar-refractivity contribution < 1.29 is 13.2 Å². The highest BCUT2D eigenvalue weighted by Crippen LogP contribution is 2.37. The molecule has 3 nitrogen and oxygen atoms in total. The molecule has 0 spiro atoms. The van der Waals surface area contributed by atoms with Gasteiger partial charge in [-0.3, -0.25) is 5.10 Å². The van der Waals surface area contributed by atoms with E-state index in [1.54, 1.807) is 0 Å². The number of hydrogen-bond donors (Lipinski definition) is 1. The van der Waals surface area contributed by atoms with Gasteiger partial charge in [-0.15, -0.1) is 0 Å². The number of nitrogens with zero attached hydrogens (tertiary/aromatic N) is 2. The van der Waals surface area contributed by atoms with Gasteiger partial charge in [0.1, 0.15) is 11.3 Å². The van der Waals surface area contributed by atoms with Gasteiger partial charge in [0.05, 0.1) is 11.6 Å². The normalized spacial score (nSPS) is 11.3. The second-order valence-electron chi connectivity index (χ2n) is 3.76. The van der Waals surface area contributed by atoms with E-state index >= 15 is 0 Å². The largest absolute Gasteiger partial charge is 0.420 e. The molecule has 0 saturated heterocycles. The van der Waals surface area contributed by atoms with Gasteiger partial charge in [-0.2, -0.15) is 23.5 Å². The third-order valence-corrected chi connectivity index (χ3v) is 2.50. The summed E-state index contributed by atoms with van der Waals surface area (Å²) >= 11 is 0. The van der Waals surface area contributed by atoms with Crippen molar-refractivity contribution in [2.45, 2.75) is 13.1 Å². The van der Waals surface area contributed by atoms with Crippen LogP contribution in [0, 0.1) is 18.3 Å². The molecule has 6 heteroatoms. The molecule has 92 valence electrons. The Kier molecular flexibility index (Phi) is 2.83. The van der Waals surface area contributed by atoms with E-state index < -0.39 is 11.7 Å². The number of nitrogens with one attached hydrogen (secondary N) is 1. The molecule has 2 aromatic rings. The topological polar surface area (TPSA) is 52.5 Å². The highest BCUT2D eigenvalue weighted by molar-refractivity contribution is 5.66. The van der Waals surface area contributed by atoms with Crippen molar-refractivity contribution in [2.24, 2.45) is 0 Å². The molecule has 0 bridgehead atoms. The van der Waals surface area contributed by atoms with Crippen molar-refractivity contribution in [3.8, 4) is 17.3 Å². The summed E-state index contributed by atoms with van der Waals surface area (Å²) in [6.07, 6.45) is -4.48. The predicted octanol–water partition coefficient (Wildman–Crippen LogP) is 3.28. The Balaban J connectivity index is 2.62. The summed E-state index contributed by atoms with van der Waals surface area (Å²) < 4.78 is 38.7. The lowest BCUT2D eigenvalue weighted by molar-refractivity contribution is -0.137. The molecule has 1 aromatic carbocycles. The van der Waals surface area contributed by atoms with E-state index in [1.165, 1.54) is 31.2 Å². The van der Waals surface area contributed by atoms with Crippen molar-refractivity contribution in [1.82, 2.24) is 10.2 Å². The lowest BCUT2D eigenvalue weighted by Gasteiger charge is -2.08. The number of aryl methyl sites for hydroxylation is 1. The van der Waals surface area contributed by atoms with Crippen LogP contribution >= 0.6 is 0 Å². The smallest absolute Gasteiger partial charge is 0.282 e. The van der Waals surface area contributed by atoms with E-state index in [0.717, 1.165) is 0 Å². The molecule has 0 saturated carbocycles. The standard InChI is InChI=1S/C12H8F3N3/c1-7-10(12(13,14)15)11(18-17-7)9-4-2-3-8(5-9)6-16/h2-5H,1H3,(H,17,18). The first-order chi connectivity index (χ1) is 8.43. The molecule has 0 unspecified atom stereocenters. The van der Waals surface area contributed by atoms with E-state index in [0.29, 0.717) is 5.56 Å². The van der Waals surface area contributed by atoms with Crippen molar-refractivity contribution in [3.05, 3.63) is 41.1 Å². The number of benzene rings is 1. The number of aromatic amines is 1. The third-order valence-electron chi connectivity index (χ3n) is 2.50. The van der Waals surface area contributed by atoms with Crippen LogP contribution in [0.3, 0.4) is 0 Å². The molecule has 0 amide bonds. The van der Waals surface area contributed by atoms with Crippen LogP contribution in [0.25, 0.3) is 11.3 Å². The molecule has 0 aliphatic heterocycles. The highest BCUT2D eigenvalue weighted by atomic mass is 19.4. The van der Waals surface area contributed by atoms with E-state index in [9.17, 15) is 13.2 Å². The van der Waals surface area contributed by atoms with Gasteiger partial charge in [0, 0.05) is 11.3 Å². The van der Waals surface area contributed by atoms with Gasteiger partial charge in [0.25, 0.3) is 0 Å². The van der Waals surface area contributed by atoms with Crippen molar-refractivity contribution in [2.75, 3.05) is 0 Å². The fraction of sp³-hybridized carbons (Fsp3) is 0.167. The Bertz CT molecular complexity index is 620. The van der Waals surface area contributed by atoms with Gasteiger partial charge >= 0.3 is 6.18 Å². The van der Waals surface area contributed by atoms with Crippen LogP contribution in [-0.2, 0) is 6.18 Å². The van der Waals surface area contributed by atoms with E-state index in [4.69, 9.17) is 5.26 Å². The van der Waals surface area contributed by atoms with E-state index in [2.05, 4.69) is 10.2 Å². The van der Waals surface area contributed by atoms with Crippen LogP contribution in [0.2, 0.25) is 0 Å². The Morgan fingerprint density at radius 3 is 2.67 bits per heavy atom. The lowest BCUT2D eigenvalue weighted by Crippen LogP contribution is -2.07. The summed E-state index contributed by atoms with van der Waals surface area (Å²) in [5.41, 5.74) is -0.457. The van der Waals surface area contributed by atoms with Gasteiger partial charge in [0.15, 0.2) is 0 Å². The van der Waals surface area contributed by atoms with Crippen LogP contribution in [0.1, 0.15) is 16.8 Å². The number of H-pyrrole nitrogens is 1. The minimum atomic E-state index is -4.48. The molecular weight excluding hydrogens is 243 g/mol. The zero-order valence-electron chi connectivity index (χ0n) is 9.34. The molecule has 2 rings (SSSR count). The van der Waals surface area contributed by atoms with Crippen molar-refractivity contribution in [1.29, 1.82) is 5.26 Å². The maximum absolute atomic E-state index is 12.9. The van der Waals surface area contributed by atoms with Crippen LogP contribution in [-0.4, -0.2) is 10.2 Å². The third kappa shape index (κ3) is 2.07. The molecule has 1 aromatic heterocycles. The highest BCUT2D eigenvalue weighted by Gasteiger charge is 2.37. The predicted molar refractivity (Wildman–Crippen MR) is 58.5 cm³/mol. The number of alkyl halides is 3. The number of halogens is 3. The van der Waals surface area contributed by atoms with Crippen molar-refractivity contribution >= 4 is 0 Å². The zero-order valence-corrected chi connectivity index (χ0v) is 9.34. The van der Waals surface area contributed by atoms with Gasteiger partial charge in [-0.05, 0) is 19.1 Å². The first-order valence-electron chi connectivity index (χ1n) is 5.06. The SMILES string of the molecule is Cc1[nH]nc(-c2cccc(C#N)c2)c1C(F)(F)F. The molecule has 1 N–H and O–H groups in total. The van der Waals surface area contributed by atoms with Gasteiger partial charge in [0.2, 0.25) is 0 Å². The van der Waals surface area contributed by atoms with E-state index in [1.807, 2.05) is 6.07 Å². The number of rotatable bonds is 1. The summed E-state index contributed by atoms with van der Waals surface area (Å²) in [7, 11) is 0. The van der Waals surface area contributed by atoms with Crippen LogP contribution in [0.5, 0.6) is 0 Å². The number of aromatic nitrogens is 2. The molecule has 0 atom stereocenters. The minimum absolute atomic E-state index is 0.0418. The fourth-order valence-corrected chi connectivity index (χ4v) is 1.72. The summed E-state index contributed by atoms with van der Waals surface area (Å²) in [6.45, 7) is 1.31. The summed E-state index contributed by atoms with van der Waals surface area (Å²) in [5.74, 6) is 0. The molecule has 0 aliphatic rings. The summed E-state index contributed by atoms with van der Waals surface area (Å²) in [4.78, 5) is 0. The summed E-state index contributed by atoms with van der Waals surface area (Å²) in [6, 6.07) is 7.80. The average Bonchev–Trinajstić information content (AvgIpc) is 2.71. The first-order valence-corrected chi connectivity index (χ1v) is 5.06. The quantitative estimate of drug-likeness (QED) is 0.845. The average molecular weight is 251 g/mol. The maximum atomic E-state index is 12.9. The first kappa shape index (κ1) is 12.2. The molecule has 0 radical (unpaired) electrons. The molecule has 18 heavy (non-hydrogen) atoms. The van der Waals surface area contributed by atoms with Crippen LogP contribution < -0.4 is 0 Å². The van der Waals surface area contributed by atoms with Crippen molar-refractivity contribution in [3.63, 3.8) is 0 Å². The molecule has 0 fully saturated rings. The lowest BCUT2D eigenvalue weighted by atomic mass is 10.0. The van der Waals surface area contributed by atoms with Crippen LogP contribution in [0.4, 0.5) is 13.2 Å². The van der Waals surface area contributed by atoms with Crippen LogP contribution in [0.15, 0.2) is 24.3 Å². The van der Waals surface area contributed by atoms with Gasteiger partial charge < -0.3 is 0 Å². The summed E-state index contributed by atoms with van der Waals surface area (Å²) in [5, 5.41) is 14.7. The fourth-order valence-electron chi connectivity index (χ4n) is 1.72. The molecule has 0 aliphatic carbocycles.